The van der Waals surface area contributed by atoms with Crippen LogP contribution in [0, 0.1) is 10.1 Å². The molecular formula is C23H21N3O9S. The zero-order valence-electron chi connectivity index (χ0n) is 19.4. The Morgan fingerprint density at radius 1 is 0.917 bits per heavy atom. The molecule has 0 saturated carbocycles. The van der Waals surface area contributed by atoms with Crippen LogP contribution in [0.25, 0.3) is 0 Å². The Morgan fingerprint density at radius 3 is 2.22 bits per heavy atom. The molecule has 0 aliphatic heterocycles. The van der Waals surface area contributed by atoms with Crippen molar-refractivity contribution in [3.05, 3.63) is 68.4 Å². The Balaban J connectivity index is 1.78. The Morgan fingerprint density at radius 2 is 1.61 bits per heavy atom. The number of esters is 1. The van der Waals surface area contributed by atoms with Gasteiger partial charge >= 0.3 is 5.97 Å². The number of carbonyl (C=O) groups excluding carboxylic acids is 3. The first kappa shape index (κ1) is 26.0. The molecule has 0 atom stereocenters. The second-order valence-electron chi connectivity index (χ2n) is 6.95. The number of benzene rings is 2. The first-order valence-electron chi connectivity index (χ1n) is 10.2. The molecule has 0 aliphatic carbocycles. The number of nitrogens with zero attached hydrogens (tertiary/aromatic N) is 1. The third-order valence-corrected chi connectivity index (χ3v) is 5.61. The average Bonchev–Trinajstić information content (AvgIpc) is 3.42. The van der Waals surface area contributed by atoms with E-state index < -0.39 is 29.3 Å². The fourth-order valence-electron chi connectivity index (χ4n) is 3.05. The van der Waals surface area contributed by atoms with Gasteiger partial charge in [0.2, 0.25) is 0 Å². The summed E-state index contributed by atoms with van der Waals surface area (Å²) in [7, 11) is 4.10. The minimum atomic E-state index is -0.932. The van der Waals surface area contributed by atoms with Crippen molar-refractivity contribution >= 4 is 46.2 Å². The van der Waals surface area contributed by atoms with E-state index in [0.717, 1.165) is 6.07 Å². The van der Waals surface area contributed by atoms with Crippen LogP contribution in [0.15, 0.2) is 47.8 Å². The summed E-state index contributed by atoms with van der Waals surface area (Å²) < 4.78 is 20.7. The topological polar surface area (TPSA) is 155 Å². The normalized spacial score (nSPS) is 10.2. The quantitative estimate of drug-likeness (QED) is 0.233. The SMILES string of the molecule is COc1ccc([N+](=O)[O-])cc1NC(=O)COC(=O)c1cc(OC)c(OC)cc1NC(=O)c1cccs1. The molecule has 0 unspecified atom stereocenters. The number of thiophene rings is 1. The van der Waals surface area contributed by atoms with Gasteiger partial charge in [-0.2, -0.15) is 0 Å². The average molecular weight is 516 g/mol. The molecule has 0 spiro atoms. The van der Waals surface area contributed by atoms with E-state index in [0.29, 0.717) is 4.88 Å². The number of methoxy groups -OCH3 is 3. The Bertz CT molecular complexity index is 1290. The Labute approximate surface area is 208 Å². The maximum absolute atomic E-state index is 12.9. The molecule has 1 aromatic heterocycles. The molecule has 36 heavy (non-hydrogen) atoms. The largest absolute Gasteiger partial charge is 0.495 e. The standard InChI is InChI=1S/C23H21N3O9S/c1-32-17-7-6-13(26(30)31)9-16(17)24-21(27)12-35-23(29)14-10-18(33-2)19(34-3)11-15(14)25-22(28)20-5-4-8-36-20/h4-11H,12H2,1-3H3,(H,24,27)(H,25,28). The van der Waals surface area contributed by atoms with Crippen molar-refractivity contribution in [3.63, 3.8) is 0 Å². The molecule has 0 aliphatic rings. The second kappa shape index (κ2) is 11.7. The van der Waals surface area contributed by atoms with E-state index in [-0.39, 0.29) is 39.9 Å². The maximum Gasteiger partial charge on any atom is 0.340 e. The smallest absolute Gasteiger partial charge is 0.340 e. The summed E-state index contributed by atoms with van der Waals surface area (Å²) in [5.74, 6) is -1.53. The van der Waals surface area contributed by atoms with Gasteiger partial charge in [0.25, 0.3) is 17.5 Å². The fraction of sp³-hybridized carbons (Fsp3) is 0.174. The van der Waals surface area contributed by atoms with Gasteiger partial charge in [-0.1, -0.05) is 6.07 Å². The number of nitro groups is 1. The number of nitrogens with one attached hydrogen (secondary N) is 2. The summed E-state index contributed by atoms with van der Waals surface area (Å²) >= 11 is 1.21. The van der Waals surface area contributed by atoms with Gasteiger partial charge in [-0.05, 0) is 17.5 Å². The molecular weight excluding hydrogens is 494 g/mol. The number of non-ortho nitro benzene ring substituents is 1. The van der Waals surface area contributed by atoms with Crippen LogP contribution in [0.3, 0.4) is 0 Å². The minimum absolute atomic E-state index is 0.0303. The van der Waals surface area contributed by atoms with Crippen LogP contribution in [-0.2, 0) is 9.53 Å². The molecule has 0 radical (unpaired) electrons. The zero-order valence-corrected chi connectivity index (χ0v) is 20.2. The summed E-state index contributed by atoms with van der Waals surface area (Å²) in [6, 6.07) is 9.69. The van der Waals surface area contributed by atoms with Crippen LogP contribution >= 0.6 is 11.3 Å². The number of nitro benzene ring substituents is 1. The third-order valence-electron chi connectivity index (χ3n) is 4.74. The highest BCUT2D eigenvalue weighted by Crippen LogP contribution is 2.34. The van der Waals surface area contributed by atoms with Crippen LogP contribution in [0.2, 0.25) is 0 Å². The predicted molar refractivity (Wildman–Crippen MR) is 130 cm³/mol. The van der Waals surface area contributed by atoms with Crippen LogP contribution in [0.5, 0.6) is 17.2 Å². The van der Waals surface area contributed by atoms with Gasteiger partial charge in [-0.3, -0.25) is 19.7 Å². The second-order valence-corrected chi connectivity index (χ2v) is 7.90. The molecule has 3 aromatic rings. The molecule has 0 fully saturated rings. The first-order valence-corrected chi connectivity index (χ1v) is 11.1. The number of amides is 2. The number of ether oxygens (including phenoxy) is 4. The van der Waals surface area contributed by atoms with Gasteiger partial charge < -0.3 is 29.6 Å². The summed E-state index contributed by atoms with van der Waals surface area (Å²) in [4.78, 5) is 48.6. The lowest BCUT2D eigenvalue weighted by Gasteiger charge is -2.15. The van der Waals surface area contributed by atoms with Crippen molar-refractivity contribution in [2.24, 2.45) is 0 Å². The molecule has 0 saturated heterocycles. The van der Waals surface area contributed by atoms with Gasteiger partial charge in [0, 0.05) is 24.3 Å². The monoisotopic (exact) mass is 515 g/mol. The minimum Gasteiger partial charge on any atom is -0.495 e. The van der Waals surface area contributed by atoms with Crippen molar-refractivity contribution < 1.29 is 38.3 Å². The summed E-state index contributed by atoms with van der Waals surface area (Å²) in [5.41, 5.74) is -0.239. The molecule has 12 nitrogen and oxygen atoms in total. The van der Waals surface area contributed by atoms with Gasteiger partial charge in [0.15, 0.2) is 18.1 Å². The number of anilines is 2. The van der Waals surface area contributed by atoms with E-state index in [1.165, 1.54) is 56.9 Å². The number of hydrogen-bond donors (Lipinski definition) is 2. The van der Waals surface area contributed by atoms with Crippen LogP contribution < -0.4 is 24.8 Å². The lowest BCUT2D eigenvalue weighted by Crippen LogP contribution is -2.22. The zero-order chi connectivity index (χ0) is 26.2. The third kappa shape index (κ3) is 6.07. The molecule has 2 aromatic carbocycles. The maximum atomic E-state index is 12.9. The van der Waals surface area contributed by atoms with Gasteiger partial charge in [-0.15, -0.1) is 11.3 Å². The molecule has 13 heteroatoms. The van der Waals surface area contributed by atoms with Crippen molar-refractivity contribution in [1.29, 1.82) is 0 Å². The lowest BCUT2D eigenvalue weighted by atomic mass is 10.1. The van der Waals surface area contributed by atoms with Crippen molar-refractivity contribution in [2.45, 2.75) is 0 Å². The van der Waals surface area contributed by atoms with Crippen molar-refractivity contribution in [3.8, 4) is 17.2 Å². The van der Waals surface area contributed by atoms with E-state index in [2.05, 4.69) is 10.6 Å². The lowest BCUT2D eigenvalue weighted by molar-refractivity contribution is -0.384. The highest BCUT2D eigenvalue weighted by molar-refractivity contribution is 7.12. The first-order chi connectivity index (χ1) is 17.3. The van der Waals surface area contributed by atoms with Crippen molar-refractivity contribution in [1.82, 2.24) is 0 Å². The Hall–Kier alpha value is -4.65. The highest BCUT2D eigenvalue weighted by atomic mass is 32.1. The number of carbonyl (C=O) groups is 3. The van der Waals surface area contributed by atoms with E-state index in [4.69, 9.17) is 18.9 Å². The molecule has 3 rings (SSSR count). The van der Waals surface area contributed by atoms with Gasteiger partial charge in [-0.25, -0.2) is 4.79 Å². The molecule has 0 bridgehead atoms. The van der Waals surface area contributed by atoms with E-state index >= 15 is 0 Å². The summed E-state index contributed by atoms with van der Waals surface area (Å²) in [5, 5.41) is 17.8. The van der Waals surface area contributed by atoms with Crippen LogP contribution in [0.4, 0.5) is 17.1 Å². The van der Waals surface area contributed by atoms with E-state index in [1.54, 1.807) is 17.5 Å². The summed E-state index contributed by atoms with van der Waals surface area (Å²) in [6.07, 6.45) is 0. The van der Waals surface area contributed by atoms with Crippen molar-refractivity contribution in [2.75, 3.05) is 38.6 Å². The van der Waals surface area contributed by atoms with Crippen LogP contribution in [-0.4, -0.2) is 50.6 Å². The van der Waals surface area contributed by atoms with Gasteiger partial charge in [0.05, 0.1) is 48.1 Å². The fourth-order valence-corrected chi connectivity index (χ4v) is 3.66. The van der Waals surface area contributed by atoms with Gasteiger partial charge in [0.1, 0.15) is 5.75 Å². The molecule has 2 N–H and O–H groups in total. The number of hydrogen-bond acceptors (Lipinski definition) is 10. The number of rotatable bonds is 10. The van der Waals surface area contributed by atoms with E-state index in [1.807, 2.05) is 0 Å². The van der Waals surface area contributed by atoms with E-state index in [9.17, 15) is 24.5 Å². The highest BCUT2D eigenvalue weighted by Gasteiger charge is 2.22. The molecule has 2 amide bonds. The molecule has 188 valence electrons. The van der Waals surface area contributed by atoms with Crippen LogP contribution in [0.1, 0.15) is 20.0 Å². The summed E-state index contributed by atoms with van der Waals surface area (Å²) in [6.45, 7) is -0.725. The molecule has 1 heterocycles. The Kier molecular flexibility index (Phi) is 8.41. The predicted octanol–water partition coefficient (Wildman–Crippen LogP) is 3.73.